The van der Waals surface area contributed by atoms with Crippen LogP contribution in [0.1, 0.15) is 10.5 Å². The van der Waals surface area contributed by atoms with Gasteiger partial charge in [0, 0.05) is 39.4 Å². The topological polar surface area (TPSA) is 89.2 Å². The third-order valence-corrected chi connectivity index (χ3v) is 5.56. The first-order valence-electron chi connectivity index (χ1n) is 10.2. The third kappa shape index (κ3) is 3.39. The summed E-state index contributed by atoms with van der Waals surface area (Å²) in [5.74, 6) is 0.173. The molecule has 0 unspecified atom stereocenters. The van der Waals surface area contributed by atoms with Crippen molar-refractivity contribution in [3.63, 3.8) is 0 Å². The number of rotatable bonds is 3. The third-order valence-electron chi connectivity index (χ3n) is 5.56. The SMILES string of the molecule is Cn1cnc2c(C(=O)N3CCN(c4ccccn4)CC3)nn(-c3ccc(F)cc3)c2c1=O. The molecule has 32 heavy (non-hydrogen) atoms. The zero-order valence-electron chi connectivity index (χ0n) is 17.3. The van der Waals surface area contributed by atoms with Gasteiger partial charge in [0.1, 0.15) is 17.2 Å². The van der Waals surface area contributed by atoms with Crippen molar-refractivity contribution in [2.24, 2.45) is 7.05 Å². The fourth-order valence-corrected chi connectivity index (χ4v) is 3.83. The van der Waals surface area contributed by atoms with E-state index in [1.807, 2.05) is 18.2 Å². The van der Waals surface area contributed by atoms with Gasteiger partial charge in [-0.25, -0.2) is 19.0 Å². The number of fused-ring (bicyclic) bond motifs is 1. The van der Waals surface area contributed by atoms with Crippen molar-refractivity contribution in [2.75, 3.05) is 31.1 Å². The minimum atomic E-state index is -0.404. The number of carbonyl (C=O) groups is 1. The molecule has 4 aromatic rings. The van der Waals surface area contributed by atoms with Gasteiger partial charge in [-0.15, -0.1) is 0 Å². The van der Waals surface area contributed by atoms with Gasteiger partial charge >= 0.3 is 0 Å². The first-order valence-corrected chi connectivity index (χ1v) is 10.2. The second-order valence-electron chi connectivity index (χ2n) is 7.56. The van der Waals surface area contributed by atoms with E-state index in [4.69, 9.17) is 0 Å². The van der Waals surface area contributed by atoms with E-state index < -0.39 is 5.82 Å². The maximum absolute atomic E-state index is 13.4. The fourth-order valence-electron chi connectivity index (χ4n) is 3.83. The van der Waals surface area contributed by atoms with Gasteiger partial charge in [-0.3, -0.25) is 9.59 Å². The minimum absolute atomic E-state index is 0.105. The molecule has 3 aromatic heterocycles. The van der Waals surface area contributed by atoms with Gasteiger partial charge in [0.2, 0.25) is 0 Å². The van der Waals surface area contributed by atoms with E-state index in [1.165, 1.54) is 39.8 Å². The number of hydrogen-bond acceptors (Lipinski definition) is 6. The number of aromatic nitrogens is 5. The highest BCUT2D eigenvalue weighted by Crippen LogP contribution is 2.21. The predicted octanol–water partition coefficient (Wildman–Crippen LogP) is 1.62. The van der Waals surface area contributed by atoms with Gasteiger partial charge in [-0.1, -0.05) is 6.07 Å². The normalized spacial score (nSPS) is 14.2. The Hall–Kier alpha value is -4.08. The highest BCUT2D eigenvalue weighted by atomic mass is 19.1. The molecule has 1 aliphatic rings. The van der Waals surface area contributed by atoms with E-state index in [0.29, 0.717) is 31.9 Å². The molecule has 9 nitrogen and oxygen atoms in total. The lowest BCUT2D eigenvalue weighted by molar-refractivity contribution is 0.0741. The van der Waals surface area contributed by atoms with Crippen molar-refractivity contribution in [3.05, 3.63) is 76.9 Å². The Labute approximate surface area is 182 Å². The number of aryl methyl sites for hydroxylation is 1. The molecule has 0 spiro atoms. The highest BCUT2D eigenvalue weighted by Gasteiger charge is 2.28. The number of benzene rings is 1. The molecule has 0 N–H and O–H groups in total. The van der Waals surface area contributed by atoms with Crippen LogP contribution in [-0.4, -0.2) is 61.3 Å². The second-order valence-corrected chi connectivity index (χ2v) is 7.56. The first-order chi connectivity index (χ1) is 15.5. The molecule has 0 atom stereocenters. The monoisotopic (exact) mass is 433 g/mol. The molecule has 0 radical (unpaired) electrons. The Kier molecular flexibility index (Phi) is 4.89. The van der Waals surface area contributed by atoms with E-state index in [2.05, 4.69) is 20.0 Å². The maximum atomic E-state index is 13.4. The van der Waals surface area contributed by atoms with Gasteiger partial charge < -0.3 is 14.4 Å². The van der Waals surface area contributed by atoms with Crippen molar-refractivity contribution < 1.29 is 9.18 Å². The summed E-state index contributed by atoms with van der Waals surface area (Å²) in [6.45, 7) is 2.25. The molecular formula is C22H20FN7O2. The molecule has 1 fully saturated rings. The average molecular weight is 433 g/mol. The lowest BCUT2D eigenvalue weighted by Crippen LogP contribution is -2.49. The number of hydrogen-bond donors (Lipinski definition) is 0. The minimum Gasteiger partial charge on any atom is -0.353 e. The lowest BCUT2D eigenvalue weighted by Gasteiger charge is -2.35. The van der Waals surface area contributed by atoms with Crippen LogP contribution in [0.4, 0.5) is 10.2 Å². The molecule has 162 valence electrons. The summed E-state index contributed by atoms with van der Waals surface area (Å²) >= 11 is 0. The summed E-state index contributed by atoms with van der Waals surface area (Å²) in [6.07, 6.45) is 3.12. The van der Waals surface area contributed by atoms with Crippen LogP contribution in [0.15, 0.2) is 59.8 Å². The number of anilines is 1. The van der Waals surface area contributed by atoms with Crippen LogP contribution in [0.3, 0.4) is 0 Å². The van der Waals surface area contributed by atoms with Crippen LogP contribution >= 0.6 is 0 Å². The first kappa shape index (κ1) is 19.9. The standard InChI is InChI=1S/C22H20FN7O2/c1-27-14-25-18-19(26-30(20(18)22(27)32)16-7-5-15(23)6-8-16)21(31)29-12-10-28(11-13-29)17-4-2-3-9-24-17/h2-9,14H,10-13H2,1H3. The van der Waals surface area contributed by atoms with Crippen LogP contribution in [-0.2, 0) is 7.05 Å². The van der Waals surface area contributed by atoms with Crippen molar-refractivity contribution in [2.45, 2.75) is 0 Å². The number of piperazine rings is 1. The summed E-state index contributed by atoms with van der Waals surface area (Å²) in [6, 6.07) is 11.3. The van der Waals surface area contributed by atoms with Crippen LogP contribution in [0.25, 0.3) is 16.7 Å². The fraction of sp³-hybridized carbons (Fsp3) is 0.227. The molecule has 0 bridgehead atoms. The Morgan fingerprint density at radius 3 is 2.44 bits per heavy atom. The summed E-state index contributed by atoms with van der Waals surface area (Å²) in [5.41, 5.74) is 0.645. The van der Waals surface area contributed by atoms with E-state index in [-0.39, 0.29) is 28.2 Å². The molecule has 1 aliphatic heterocycles. The molecule has 10 heteroatoms. The molecule has 1 amide bonds. The summed E-state index contributed by atoms with van der Waals surface area (Å²) in [5, 5.41) is 4.44. The van der Waals surface area contributed by atoms with E-state index >= 15 is 0 Å². The zero-order valence-corrected chi connectivity index (χ0v) is 17.3. The van der Waals surface area contributed by atoms with Gasteiger partial charge in [0.25, 0.3) is 11.5 Å². The Bertz CT molecular complexity index is 1340. The molecule has 4 heterocycles. The van der Waals surface area contributed by atoms with E-state index in [1.54, 1.807) is 18.1 Å². The van der Waals surface area contributed by atoms with Gasteiger partial charge in [0.15, 0.2) is 11.2 Å². The molecule has 1 aromatic carbocycles. The lowest BCUT2D eigenvalue weighted by atomic mass is 10.2. The van der Waals surface area contributed by atoms with Crippen LogP contribution in [0.2, 0.25) is 0 Å². The largest absolute Gasteiger partial charge is 0.353 e. The van der Waals surface area contributed by atoms with Crippen LogP contribution < -0.4 is 10.5 Å². The molecule has 1 saturated heterocycles. The Morgan fingerprint density at radius 2 is 1.75 bits per heavy atom. The summed E-state index contributed by atoms with van der Waals surface area (Å²) in [4.78, 5) is 38.7. The molecule has 0 saturated carbocycles. The summed E-state index contributed by atoms with van der Waals surface area (Å²) in [7, 11) is 1.58. The van der Waals surface area contributed by atoms with Gasteiger partial charge in [-0.2, -0.15) is 5.10 Å². The van der Waals surface area contributed by atoms with Crippen molar-refractivity contribution in [3.8, 4) is 5.69 Å². The number of carbonyl (C=O) groups excluding carboxylic acids is 1. The van der Waals surface area contributed by atoms with Crippen molar-refractivity contribution in [1.82, 2.24) is 29.2 Å². The molecule has 0 aliphatic carbocycles. The smallest absolute Gasteiger partial charge is 0.279 e. The maximum Gasteiger partial charge on any atom is 0.279 e. The average Bonchev–Trinajstić information content (AvgIpc) is 3.22. The summed E-state index contributed by atoms with van der Waals surface area (Å²) < 4.78 is 16.1. The number of nitrogens with zero attached hydrogens (tertiary/aromatic N) is 7. The van der Waals surface area contributed by atoms with Crippen LogP contribution in [0.5, 0.6) is 0 Å². The zero-order chi connectivity index (χ0) is 22.2. The van der Waals surface area contributed by atoms with Crippen molar-refractivity contribution >= 4 is 22.8 Å². The second kappa shape index (κ2) is 7.88. The van der Waals surface area contributed by atoms with Crippen LogP contribution in [0, 0.1) is 5.82 Å². The number of amides is 1. The number of pyridine rings is 1. The Balaban J connectivity index is 1.49. The quantitative estimate of drug-likeness (QED) is 0.488. The molecular weight excluding hydrogens is 413 g/mol. The van der Waals surface area contributed by atoms with Gasteiger partial charge in [0.05, 0.1) is 12.0 Å². The molecule has 5 rings (SSSR count). The highest BCUT2D eigenvalue weighted by molar-refractivity contribution is 6.03. The number of halogens is 1. The predicted molar refractivity (Wildman–Crippen MR) is 116 cm³/mol. The van der Waals surface area contributed by atoms with Gasteiger partial charge in [-0.05, 0) is 36.4 Å². The Morgan fingerprint density at radius 1 is 1.00 bits per heavy atom. The van der Waals surface area contributed by atoms with E-state index in [9.17, 15) is 14.0 Å². The van der Waals surface area contributed by atoms with Crippen molar-refractivity contribution in [1.29, 1.82) is 0 Å². The van der Waals surface area contributed by atoms with E-state index in [0.717, 1.165) is 5.82 Å².